The maximum atomic E-state index is 13.5. The van der Waals surface area contributed by atoms with Gasteiger partial charge in [-0.1, -0.05) is 68.8 Å². The van der Waals surface area contributed by atoms with E-state index in [1.54, 1.807) is 18.2 Å². The Kier molecular flexibility index (Phi) is 7.99. The van der Waals surface area contributed by atoms with Crippen molar-refractivity contribution in [3.8, 4) is 0 Å². The zero-order valence-corrected chi connectivity index (χ0v) is 15.8. The molecule has 0 aliphatic rings. The highest BCUT2D eigenvalue weighted by Gasteiger charge is 2.27. The highest BCUT2D eigenvalue weighted by atomic mass is 19.1. The lowest BCUT2D eigenvalue weighted by Gasteiger charge is -2.21. The Morgan fingerprint density at radius 3 is 2.41 bits per heavy atom. The second kappa shape index (κ2) is 10.5. The van der Waals surface area contributed by atoms with Crippen molar-refractivity contribution in [2.45, 2.75) is 32.6 Å². The average Bonchev–Trinajstić information content (AvgIpc) is 2.68. The molecule has 0 aromatic heterocycles. The van der Waals surface area contributed by atoms with Crippen molar-refractivity contribution in [3.63, 3.8) is 0 Å². The van der Waals surface area contributed by atoms with E-state index in [1.807, 2.05) is 44.2 Å². The standard InChI is InChI=1S/C22H26FNO3/c1-3-16(2)21(18-10-5-4-6-11-18)22(26)27-15-20(25)24-14-13-17-9-7-8-12-19(17)23/h4-12,16,21H,3,13-15H2,1-2H3,(H,24,25)/t16-,21+/m0/s1. The van der Waals surface area contributed by atoms with Gasteiger partial charge < -0.3 is 10.1 Å². The number of ether oxygens (including phenoxy) is 1. The molecule has 0 aliphatic heterocycles. The van der Waals surface area contributed by atoms with Gasteiger partial charge in [0.15, 0.2) is 6.61 Å². The van der Waals surface area contributed by atoms with Crippen LogP contribution in [-0.2, 0) is 20.7 Å². The van der Waals surface area contributed by atoms with Gasteiger partial charge in [0, 0.05) is 6.54 Å². The van der Waals surface area contributed by atoms with Gasteiger partial charge in [0.25, 0.3) is 5.91 Å². The molecule has 0 saturated heterocycles. The fraction of sp³-hybridized carbons (Fsp3) is 0.364. The van der Waals surface area contributed by atoms with E-state index < -0.39 is 17.8 Å². The first-order valence-electron chi connectivity index (χ1n) is 9.24. The van der Waals surface area contributed by atoms with Gasteiger partial charge in [0.2, 0.25) is 0 Å². The number of amides is 1. The fourth-order valence-corrected chi connectivity index (χ4v) is 2.91. The van der Waals surface area contributed by atoms with Crippen molar-refractivity contribution in [3.05, 3.63) is 71.5 Å². The molecule has 2 aromatic carbocycles. The van der Waals surface area contributed by atoms with Gasteiger partial charge in [0.05, 0.1) is 5.92 Å². The molecular formula is C22H26FNO3. The third kappa shape index (κ3) is 6.20. The maximum absolute atomic E-state index is 13.5. The van der Waals surface area contributed by atoms with Crippen LogP contribution in [0.25, 0.3) is 0 Å². The lowest BCUT2D eigenvalue weighted by molar-refractivity contribution is -0.151. The van der Waals surface area contributed by atoms with Crippen LogP contribution in [-0.4, -0.2) is 25.0 Å². The molecule has 0 spiro atoms. The van der Waals surface area contributed by atoms with Gasteiger partial charge in [-0.3, -0.25) is 9.59 Å². The summed E-state index contributed by atoms with van der Waals surface area (Å²) in [6, 6.07) is 15.9. The van der Waals surface area contributed by atoms with Crippen molar-refractivity contribution >= 4 is 11.9 Å². The third-order valence-electron chi connectivity index (χ3n) is 4.65. The first-order chi connectivity index (χ1) is 13.0. The van der Waals surface area contributed by atoms with E-state index in [0.717, 1.165) is 12.0 Å². The molecule has 0 aliphatic carbocycles. The van der Waals surface area contributed by atoms with Crippen LogP contribution in [0.3, 0.4) is 0 Å². The van der Waals surface area contributed by atoms with Crippen LogP contribution in [0.15, 0.2) is 54.6 Å². The summed E-state index contributed by atoms with van der Waals surface area (Å²) < 4.78 is 18.8. The number of esters is 1. The van der Waals surface area contributed by atoms with Crippen LogP contribution in [0.5, 0.6) is 0 Å². The van der Waals surface area contributed by atoms with Crippen molar-refractivity contribution < 1.29 is 18.7 Å². The van der Waals surface area contributed by atoms with Gasteiger partial charge in [-0.15, -0.1) is 0 Å². The molecule has 1 N–H and O–H groups in total. The molecule has 0 radical (unpaired) electrons. The zero-order valence-electron chi connectivity index (χ0n) is 15.8. The third-order valence-corrected chi connectivity index (χ3v) is 4.65. The Morgan fingerprint density at radius 2 is 1.74 bits per heavy atom. The number of halogens is 1. The molecule has 1 amide bonds. The van der Waals surface area contributed by atoms with Gasteiger partial charge in [-0.05, 0) is 29.5 Å². The number of benzene rings is 2. The molecule has 5 heteroatoms. The molecule has 0 heterocycles. The Labute approximate surface area is 159 Å². The smallest absolute Gasteiger partial charge is 0.314 e. The largest absolute Gasteiger partial charge is 0.455 e. The van der Waals surface area contributed by atoms with Crippen molar-refractivity contribution in [2.24, 2.45) is 5.92 Å². The summed E-state index contributed by atoms with van der Waals surface area (Å²) in [6.45, 7) is 3.96. The minimum atomic E-state index is -0.403. The number of carbonyl (C=O) groups excluding carboxylic acids is 2. The molecule has 0 bridgehead atoms. The Morgan fingerprint density at radius 1 is 1.07 bits per heavy atom. The summed E-state index contributed by atoms with van der Waals surface area (Å²) in [5.41, 5.74) is 1.42. The number of hydrogen-bond donors (Lipinski definition) is 1. The fourth-order valence-electron chi connectivity index (χ4n) is 2.91. The van der Waals surface area contributed by atoms with Gasteiger partial charge in [-0.25, -0.2) is 4.39 Å². The lowest BCUT2D eigenvalue weighted by atomic mass is 9.86. The zero-order chi connectivity index (χ0) is 19.6. The van der Waals surface area contributed by atoms with Crippen LogP contribution in [0.2, 0.25) is 0 Å². The Hall–Kier alpha value is -2.69. The Bertz CT molecular complexity index is 748. The first kappa shape index (κ1) is 20.6. The number of carbonyl (C=O) groups is 2. The van der Waals surface area contributed by atoms with E-state index >= 15 is 0 Å². The van der Waals surface area contributed by atoms with Crippen LogP contribution < -0.4 is 5.32 Å². The summed E-state index contributed by atoms with van der Waals surface area (Å²) in [6.07, 6.45) is 1.20. The van der Waals surface area contributed by atoms with Crippen LogP contribution in [0.1, 0.15) is 37.3 Å². The van der Waals surface area contributed by atoms with Crippen LogP contribution in [0.4, 0.5) is 4.39 Å². The number of rotatable bonds is 9. The molecule has 0 fully saturated rings. The van der Waals surface area contributed by atoms with E-state index in [-0.39, 0.29) is 24.9 Å². The summed E-state index contributed by atoms with van der Waals surface area (Å²) in [7, 11) is 0. The summed E-state index contributed by atoms with van der Waals surface area (Å²) in [5, 5.41) is 2.65. The molecule has 144 valence electrons. The lowest BCUT2D eigenvalue weighted by Crippen LogP contribution is -2.32. The second-order valence-electron chi connectivity index (χ2n) is 6.57. The quantitative estimate of drug-likeness (QED) is 0.681. The normalized spacial score (nSPS) is 12.9. The summed E-state index contributed by atoms with van der Waals surface area (Å²) in [4.78, 5) is 24.5. The number of hydrogen-bond acceptors (Lipinski definition) is 3. The predicted molar refractivity (Wildman–Crippen MR) is 103 cm³/mol. The maximum Gasteiger partial charge on any atom is 0.314 e. The highest BCUT2D eigenvalue weighted by Crippen LogP contribution is 2.28. The molecule has 0 unspecified atom stereocenters. The predicted octanol–water partition coefficient (Wildman–Crippen LogP) is 3.86. The molecule has 2 aromatic rings. The van der Waals surface area contributed by atoms with Crippen molar-refractivity contribution in [2.75, 3.05) is 13.2 Å². The van der Waals surface area contributed by atoms with Gasteiger partial charge >= 0.3 is 5.97 Å². The minimum Gasteiger partial charge on any atom is -0.455 e. The van der Waals surface area contributed by atoms with Crippen LogP contribution in [0, 0.1) is 11.7 Å². The first-order valence-corrected chi connectivity index (χ1v) is 9.24. The van der Waals surface area contributed by atoms with E-state index in [4.69, 9.17) is 4.74 Å². The number of nitrogens with one attached hydrogen (secondary N) is 1. The topological polar surface area (TPSA) is 55.4 Å². The summed E-state index contributed by atoms with van der Waals surface area (Å²) in [5.74, 6) is -1.39. The van der Waals surface area contributed by atoms with E-state index in [9.17, 15) is 14.0 Å². The van der Waals surface area contributed by atoms with E-state index in [0.29, 0.717) is 12.0 Å². The van der Waals surface area contributed by atoms with E-state index in [1.165, 1.54) is 6.07 Å². The van der Waals surface area contributed by atoms with Gasteiger partial charge in [0.1, 0.15) is 5.82 Å². The summed E-state index contributed by atoms with van der Waals surface area (Å²) >= 11 is 0. The SMILES string of the molecule is CC[C@H](C)[C@@H](C(=O)OCC(=O)NCCc1ccccc1F)c1ccccc1. The van der Waals surface area contributed by atoms with Crippen molar-refractivity contribution in [1.29, 1.82) is 0 Å². The monoisotopic (exact) mass is 371 g/mol. The van der Waals surface area contributed by atoms with Gasteiger partial charge in [-0.2, -0.15) is 0 Å². The molecular weight excluding hydrogens is 345 g/mol. The van der Waals surface area contributed by atoms with E-state index in [2.05, 4.69) is 5.32 Å². The Balaban J connectivity index is 1.83. The molecule has 4 nitrogen and oxygen atoms in total. The average molecular weight is 371 g/mol. The molecule has 0 saturated carbocycles. The van der Waals surface area contributed by atoms with Crippen LogP contribution >= 0.6 is 0 Å². The molecule has 2 atom stereocenters. The highest BCUT2D eigenvalue weighted by molar-refractivity contribution is 5.83. The molecule has 2 rings (SSSR count). The molecule has 27 heavy (non-hydrogen) atoms. The second-order valence-corrected chi connectivity index (χ2v) is 6.57. The minimum absolute atomic E-state index is 0.101. The van der Waals surface area contributed by atoms with Crippen molar-refractivity contribution in [1.82, 2.24) is 5.32 Å².